The zero-order chi connectivity index (χ0) is 18.6. The molecule has 2 N–H and O–H groups in total. The summed E-state index contributed by atoms with van der Waals surface area (Å²) in [4.78, 5) is 13.4. The molecule has 0 aliphatic heterocycles. The van der Waals surface area contributed by atoms with Gasteiger partial charge in [-0.1, -0.05) is 0 Å². The number of hydrogen-bond acceptors (Lipinski definition) is 6. The number of thiocarbonyl (C=S) groups is 1. The second kappa shape index (κ2) is 7.96. The van der Waals surface area contributed by atoms with Gasteiger partial charge < -0.3 is 14.8 Å². The minimum Gasteiger partial charge on any atom is -0.493 e. The first kappa shape index (κ1) is 18.7. The number of hydrogen-bond donors (Lipinski definition) is 2. The van der Waals surface area contributed by atoms with Crippen LogP contribution in [0.4, 0.5) is 5.00 Å². The molecule has 0 saturated heterocycles. The van der Waals surface area contributed by atoms with Crippen LogP contribution in [0.25, 0.3) is 0 Å². The normalized spacial score (nSPS) is 9.88. The van der Waals surface area contributed by atoms with Gasteiger partial charge in [-0.25, -0.2) is 0 Å². The minimum atomic E-state index is -0.387. The Hall–Kier alpha value is -2.63. The van der Waals surface area contributed by atoms with E-state index >= 15 is 0 Å². The third-order valence-corrected chi connectivity index (χ3v) is 4.92. The Balaban J connectivity index is 2.12. The van der Waals surface area contributed by atoms with E-state index in [-0.39, 0.29) is 11.0 Å². The van der Waals surface area contributed by atoms with Crippen LogP contribution < -0.4 is 20.1 Å². The molecule has 2 rings (SSSR count). The van der Waals surface area contributed by atoms with E-state index in [4.69, 9.17) is 21.7 Å². The zero-order valence-corrected chi connectivity index (χ0v) is 15.9. The van der Waals surface area contributed by atoms with Crippen LogP contribution in [0.1, 0.15) is 26.4 Å². The summed E-state index contributed by atoms with van der Waals surface area (Å²) in [6.45, 7) is 3.80. The van der Waals surface area contributed by atoms with Gasteiger partial charge in [-0.05, 0) is 49.8 Å². The van der Waals surface area contributed by atoms with Crippen molar-refractivity contribution in [3.63, 3.8) is 0 Å². The molecule has 1 aromatic carbocycles. The fourth-order valence-corrected chi connectivity index (χ4v) is 3.41. The second-order valence-electron chi connectivity index (χ2n) is 5.08. The van der Waals surface area contributed by atoms with Crippen LogP contribution in [0.5, 0.6) is 11.5 Å². The number of ether oxygens (including phenoxy) is 2. The lowest BCUT2D eigenvalue weighted by molar-refractivity contribution is 0.0977. The highest BCUT2D eigenvalue weighted by atomic mass is 32.1. The Morgan fingerprint density at radius 2 is 1.92 bits per heavy atom. The summed E-state index contributed by atoms with van der Waals surface area (Å²) in [6, 6.07) is 6.97. The van der Waals surface area contributed by atoms with Crippen molar-refractivity contribution < 1.29 is 14.3 Å². The number of carbonyl (C=O) groups is 1. The Bertz CT molecular complexity index is 869. The number of nitriles is 1. The fourth-order valence-electron chi connectivity index (χ4n) is 2.14. The first-order valence-corrected chi connectivity index (χ1v) is 8.48. The molecule has 0 atom stereocenters. The monoisotopic (exact) mass is 375 g/mol. The Labute approximate surface area is 155 Å². The number of aryl methyl sites for hydroxylation is 1. The quantitative estimate of drug-likeness (QED) is 0.797. The number of nitrogens with zero attached hydrogens (tertiary/aromatic N) is 1. The standard InChI is InChI=1S/C17H17N3O3S2/c1-9-10(2)25-16(12(9)8-18)20-17(24)19-15(21)11-5-6-13(22-3)14(7-11)23-4/h5-7H,1-4H3,(H2,19,20,21,24). The van der Waals surface area contributed by atoms with Gasteiger partial charge in [0.15, 0.2) is 16.6 Å². The minimum absolute atomic E-state index is 0.123. The first-order chi connectivity index (χ1) is 11.9. The summed E-state index contributed by atoms with van der Waals surface area (Å²) >= 11 is 6.60. The van der Waals surface area contributed by atoms with Gasteiger partial charge in [0.2, 0.25) is 0 Å². The maximum Gasteiger partial charge on any atom is 0.257 e. The van der Waals surface area contributed by atoms with Crippen LogP contribution in [0, 0.1) is 25.2 Å². The van der Waals surface area contributed by atoms with E-state index < -0.39 is 0 Å². The molecule has 6 nitrogen and oxygen atoms in total. The smallest absolute Gasteiger partial charge is 0.257 e. The van der Waals surface area contributed by atoms with Crippen molar-refractivity contribution in [3.8, 4) is 17.6 Å². The van der Waals surface area contributed by atoms with Gasteiger partial charge in [-0.15, -0.1) is 11.3 Å². The molecule has 8 heteroatoms. The van der Waals surface area contributed by atoms with E-state index in [1.165, 1.54) is 25.6 Å². The van der Waals surface area contributed by atoms with E-state index in [9.17, 15) is 10.1 Å². The topological polar surface area (TPSA) is 83.4 Å². The van der Waals surface area contributed by atoms with Crippen LogP contribution in [-0.4, -0.2) is 25.2 Å². The van der Waals surface area contributed by atoms with Gasteiger partial charge in [0, 0.05) is 10.4 Å². The molecule has 130 valence electrons. The lowest BCUT2D eigenvalue weighted by Crippen LogP contribution is -2.34. The fraction of sp³-hybridized carbons (Fsp3) is 0.235. The molecular formula is C17H17N3O3S2. The SMILES string of the molecule is COc1ccc(C(=O)NC(=S)Nc2sc(C)c(C)c2C#N)cc1OC. The number of methoxy groups -OCH3 is 2. The highest BCUT2D eigenvalue weighted by Crippen LogP contribution is 2.31. The average molecular weight is 375 g/mol. The molecule has 0 spiro atoms. The summed E-state index contributed by atoms with van der Waals surface area (Å²) in [7, 11) is 3.02. The van der Waals surface area contributed by atoms with Gasteiger partial charge in [0.1, 0.15) is 11.1 Å². The van der Waals surface area contributed by atoms with E-state index in [1.807, 2.05) is 13.8 Å². The number of carbonyl (C=O) groups excluding carboxylic acids is 1. The molecule has 0 fully saturated rings. The largest absolute Gasteiger partial charge is 0.493 e. The van der Waals surface area contributed by atoms with E-state index in [1.54, 1.807) is 18.2 Å². The van der Waals surface area contributed by atoms with Crippen LogP contribution in [0.3, 0.4) is 0 Å². The van der Waals surface area contributed by atoms with Crippen LogP contribution in [-0.2, 0) is 0 Å². The van der Waals surface area contributed by atoms with Gasteiger partial charge in [0.05, 0.1) is 19.8 Å². The molecule has 25 heavy (non-hydrogen) atoms. The van der Waals surface area contributed by atoms with E-state index in [0.29, 0.717) is 27.6 Å². The highest BCUT2D eigenvalue weighted by Gasteiger charge is 2.16. The molecule has 0 aliphatic carbocycles. The van der Waals surface area contributed by atoms with Crippen molar-refractivity contribution in [1.29, 1.82) is 5.26 Å². The van der Waals surface area contributed by atoms with Crippen molar-refractivity contribution in [3.05, 3.63) is 39.8 Å². The summed E-state index contributed by atoms with van der Waals surface area (Å²) in [5, 5.41) is 15.5. The first-order valence-electron chi connectivity index (χ1n) is 7.25. The zero-order valence-electron chi connectivity index (χ0n) is 14.2. The number of amides is 1. The van der Waals surface area contributed by atoms with Crippen molar-refractivity contribution in [2.24, 2.45) is 0 Å². The Kier molecular flexibility index (Phi) is 5.96. The van der Waals surface area contributed by atoms with Crippen molar-refractivity contribution in [2.75, 3.05) is 19.5 Å². The maximum absolute atomic E-state index is 12.3. The molecule has 0 saturated carbocycles. The van der Waals surface area contributed by atoms with Crippen LogP contribution >= 0.6 is 23.6 Å². The number of nitrogens with one attached hydrogen (secondary N) is 2. The predicted molar refractivity (Wildman–Crippen MR) is 102 cm³/mol. The number of rotatable bonds is 4. The summed E-state index contributed by atoms with van der Waals surface area (Å²) in [6.07, 6.45) is 0. The maximum atomic E-state index is 12.3. The van der Waals surface area contributed by atoms with Crippen LogP contribution in [0.2, 0.25) is 0 Å². The van der Waals surface area contributed by atoms with Crippen molar-refractivity contribution in [1.82, 2.24) is 5.32 Å². The molecule has 0 unspecified atom stereocenters. The van der Waals surface area contributed by atoms with Gasteiger partial charge in [-0.3, -0.25) is 10.1 Å². The van der Waals surface area contributed by atoms with E-state index in [2.05, 4.69) is 16.7 Å². The summed E-state index contributed by atoms with van der Waals surface area (Å²) in [5.74, 6) is 0.593. The third kappa shape index (κ3) is 4.07. The Morgan fingerprint density at radius 3 is 2.52 bits per heavy atom. The third-order valence-electron chi connectivity index (χ3n) is 3.60. The lowest BCUT2D eigenvalue weighted by atomic mass is 10.2. The van der Waals surface area contributed by atoms with Gasteiger partial charge in [-0.2, -0.15) is 5.26 Å². The van der Waals surface area contributed by atoms with Crippen molar-refractivity contribution in [2.45, 2.75) is 13.8 Å². The molecule has 0 bridgehead atoms. The molecule has 1 amide bonds. The van der Waals surface area contributed by atoms with Gasteiger partial charge in [0.25, 0.3) is 5.91 Å². The van der Waals surface area contributed by atoms with Gasteiger partial charge >= 0.3 is 0 Å². The summed E-state index contributed by atoms with van der Waals surface area (Å²) < 4.78 is 10.3. The summed E-state index contributed by atoms with van der Waals surface area (Å²) in [5.41, 5.74) is 1.81. The Morgan fingerprint density at radius 1 is 1.24 bits per heavy atom. The molecule has 1 heterocycles. The molecule has 2 aromatic rings. The van der Waals surface area contributed by atoms with E-state index in [0.717, 1.165) is 10.4 Å². The highest BCUT2D eigenvalue weighted by molar-refractivity contribution is 7.80. The molecule has 0 aliphatic rings. The predicted octanol–water partition coefficient (Wildman–Crippen LogP) is 3.38. The molecule has 1 aromatic heterocycles. The van der Waals surface area contributed by atoms with Crippen LogP contribution in [0.15, 0.2) is 18.2 Å². The second-order valence-corrected chi connectivity index (χ2v) is 6.71. The number of thiophene rings is 1. The number of benzene rings is 1. The number of anilines is 1. The van der Waals surface area contributed by atoms with Crippen molar-refractivity contribution >= 4 is 39.6 Å². The molecule has 0 radical (unpaired) electrons. The lowest BCUT2D eigenvalue weighted by Gasteiger charge is -2.11. The molecular weight excluding hydrogens is 358 g/mol. The average Bonchev–Trinajstić information content (AvgIpc) is 2.87.